The summed E-state index contributed by atoms with van der Waals surface area (Å²) in [6.45, 7) is 5.41. The minimum Gasteiger partial charge on any atom is -0.444 e. The van der Waals surface area contributed by atoms with Gasteiger partial charge in [0, 0.05) is 12.4 Å². The normalized spacial score (nSPS) is 15.0. The number of benzene rings is 2. The fourth-order valence-electron chi connectivity index (χ4n) is 4.93. The summed E-state index contributed by atoms with van der Waals surface area (Å²) in [4.78, 5) is 38.6. The van der Waals surface area contributed by atoms with E-state index >= 15 is 0 Å². The maximum Gasteiger partial charge on any atom is 0.408 e. The quantitative estimate of drug-likeness (QED) is 0.332. The molecule has 1 atom stereocenters. The molecule has 2 heterocycles. The first kappa shape index (κ1) is 28.2. The van der Waals surface area contributed by atoms with E-state index in [-0.39, 0.29) is 22.3 Å². The lowest BCUT2D eigenvalue weighted by atomic mass is 10.0. The molecule has 2 aromatic heterocycles. The minimum atomic E-state index is -4.05. The molecular formula is C29H31N5O6S. The fourth-order valence-corrected chi connectivity index (χ4v) is 6.47. The summed E-state index contributed by atoms with van der Waals surface area (Å²) in [6.07, 6.45) is 3.42. The van der Waals surface area contributed by atoms with Crippen LogP contribution in [0, 0.1) is 0 Å². The molecule has 4 aromatic rings. The number of amides is 2. The molecule has 0 bridgehead atoms. The second-order valence-corrected chi connectivity index (χ2v) is 12.5. The van der Waals surface area contributed by atoms with Crippen LogP contribution >= 0.6 is 0 Å². The molecule has 5 rings (SSSR count). The van der Waals surface area contributed by atoms with Crippen molar-refractivity contribution in [2.24, 2.45) is 0 Å². The second-order valence-electron chi connectivity index (χ2n) is 10.7. The van der Waals surface area contributed by atoms with Gasteiger partial charge in [-0.25, -0.2) is 27.2 Å². The van der Waals surface area contributed by atoms with Gasteiger partial charge in [0.05, 0.1) is 41.7 Å². The monoisotopic (exact) mass is 577 g/mol. The standard InChI is InChI=1S/C29H31N5O6S/c1-29(2,3)40-28(36)32-22-13-11-19-20(22)12-14-25-21(19)15-26(34(25)41(37,38)18-9-7-6-8-10-18)23-16-31-24(17-30-23)27(35)33(4)39-5/h6-10,12,14-17,22H,11,13H2,1-5H3,(H,32,36)/t22-/m1/s1. The summed E-state index contributed by atoms with van der Waals surface area (Å²) in [6, 6.07) is 13.2. The van der Waals surface area contributed by atoms with Gasteiger partial charge in [0.15, 0.2) is 0 Å². The first-order valence-corrected chi connectivity index (χ1v) is 14.5. The molecule has 0 saturated heterocycles. The molecule has 0 spiro atoms. The number of alkyl carbamates (subject to hydrolysis) is 1. The van der Waals surface area contributed by atoms with E-state index in [0.717, 1.165) is 21.6 Å². The van der Waals surface area contributed by atoms with E-state index in [1.54, 1.807) is 51.1 Å². The SMILES string of the molecule is CON(C)C(=O)c1cnc(-c2cc3c4c(ccc3n2S(=O)(=O)c2ccccc2)[C@H](NC(=O)OC(C)(C)C)CC4)cn1. The molecule has 0 aliphatic heterocycles. The Morgan fingerprint density at radius 1 is 1.07 bits per heavy atom. The Morgan fingerprint density at radius 3 is 2.44 bits per heavy atom. The summed E-state index contributed by atoms with van der Waals surface area (Å²) >= 11 is 0. The Bertz CT molecular complexity index is 1730. The van der Waals surface area contributed by atoms with Crippen molar-refractivity contribution in [3.63, 3.8) is 0 Å². The predicted molar refractivity (Wildman–Crippen MR) is 152 cm³/mol. The molecule has 214 valence electrons. The van der Waals surface area contributed by atoms with Crippen LogP contribution in [0.1, 0.15) is 54.8 Å². The number of nitrogens with zero attached hydrogens (tertiary/aromatic N) is 4. The van der Waals surface area contributed by atoms with E-state index in [2.05, 4.69) is 15.3 Å². The number of nitrogens with one attached hydrogen (secondary N) is 1. The second kappa shape index (κ2) is 10.6. The number of hydrogen-bond donors (Lipinski definition) is 1. The number of aromatic nitrogens is 3. The molecule has 0 saturated carbocycles. The number of carbonyl (C=O) groups excluding carboxylic acids is 2. The Morgan fingerprint density at radius 2 is 1.80 bits per heavy atom. The first-order valence-electron chi connectivity index (χ1n) is 13.0. The average Bonchev–Trinajstić information content (AvgIpc) is 3.53. The predicted octanol–water partition coefficient (Wildman–Crippen LogP) is 4.48. The lowest BCUT2D eigenvalue weighted by Crippen LogP contribution is -2.34. The molecule has 0 unspecified atom stereocenters. The van der Waals surface area contributed by atoms with Gasteiger partial charge in [-0.3, -0.25) is 14.6 Å². The molecule has 41 heavy (non-hydrogen) atoms. The fraction of sp³-hybridized carbons (Fsp3) is 0.310. The van der Waals surface area contributed by atoms with Crippen molar-refractivity contribution in [2.75, 3.05) is 14.2 Å². The summed E-state index contributed by atoms with van der Waals surface area (Å²) in [5.74, 6) is -0.495. The topological polar surface area (TPSA) is 133 Å². The highest BCUT2D eigenvalue weighted by Crippen LogP contribution is 2.40. The highest BCUT2D eigenvalue weighted by atomic mass is 32.2. The largest absolute Gasteiger partial charge is 0.444 e. The van der Waals surface area contributed by atoms with Crippen LogP contribution in [0.5, 0.6) is 0 Å². The summed E-state index contributed by atoms with van der Waals surface area (Å²) in [7, 11) is -1.24. The molecule has 0 fully saturated rings. The van der Waals surface area contributed by atoms with Crippen LogP contribution < -0.4 is 5.32 Å². The van der Waals surface area contributed by atoms with Crippen LogP contribution in [0.3, 0.4) is 0 Å². The number of hydroxylamine groups is 2. The highest BCUT2D eigenvalue weighted by molar-refractivity contribution is 7.90. The minimum absolute atomic E-state index is 0.0450. The van der Waals surface area contributed by atoms with E-state index in [4.69, 9.17) is 9.57 Å². The van der Waals surface area contributed by atoms with Crippen molar-refractivity contribution in [3.8, 4) is 11.4 Å². The van der Waals surface area contributed by atoms with E-state index < -0.39 is 27.6 Å². The average molecular weight is 578 g/mol. The van der Waals surface area contributed by atoms with Crippen molar-refractivity contribution in [1.29, 1.82) is 0 Å². The highest BCUT2D eigenvalue weighted by Gasteiger charge is 2.31. The van der Waals surface area contributed by atoms with E-state index in [9.17, 15) is 18.0 Å². The van der Waals surface area contributed by atoms with Crippen LogP contribution in [0.4, 0.5) is 4.79 Å². The number of hydrogen-bond acceptors (Lipinski definition) is 8. The zero-order chi connectivity index (χ0) is 29.5. The smallest absolute Gasteiger partial charge is 0.408 e. The van der Waals surface area contributed by atoms with Gasteiger partial charge in [-0.15, -0.1) is 0 Å². The molecule has 0 radical (unpaired) electrons. The molecule has 2 aromatic carbocycles. The van der Waals surface area contributed by atoms with E-state index in [0.29, 0.717) is 24.1 Å². The number of carbonyl (C=O) groups is 2. The van der Waals surface area contributed by atoms with Crippen LogP contribution in [0.15, 0.2) is 65.8 Å². The van der Waals surface area contributed by atoms with Crippen LogP contribution in [-0.4, -0.2) is 59.2 Å². The zero-order valence-electron chi connectivity index (χ0n) is 23.4. The van der Waals surface area contributed by atoms with Crippen LogP contribution in [-0.2, 0) is 26.0 Å². The van der Waals surface area contributed by atoms with Crippen LogP contribution in [0.25, 0.3) is 22.3 Å². The maximum absolute atomic E-state index is 14.0. The van der Waals surface area contributed by atoms with Gasteiger partial charge >= 0.3 is 6.09 Å². The third-order valence-electron chi connectivity index (χ3n) is 6.81. The van der Waals surface area contributed by atoms with Gasteiger partial charge in [0.1, 0.15) is 17.0 Å². The molecule has 1 N–H and O–H groups in total. The van der Waals surface area contributed by atoms with Crippen molar-refractivity contribution < 1.29 is 27.6 Å². The van der Waals surface area contributed by atoms with Gasteiger partial charge < -0.3 is 10.1 Å². The maximum atomic E-state index is 14.0. The molecule has 1 aliphatic carbocycles. The van der Waals surface area contributed by atoms with E-state index in [1.807, 2.05) is 6.07 Å². The lowest BCUT2D eigenvalue weighted by molar-refractivity contribution is -0.0760. The Kier molecular flexibility index (Phi) is 7.30. The zero-order valence-corrected chi connectivity index (χ0v) is 24.2. The lowest BCUT2D eigenvalue weighted by Gasteiger charge is -2.22. The van der Waals surface area contributed by atoms with Gasteiger partial charge in [-0.05, 0) is 69.0 Å². The third-order valence-corrected chi connectivity index (χ3v) is 8.56. The number of rotatable bonds is 6. The summed E-state index contributed by atoms with van der Waals surface area (Å²) in [5.41, 5.74) is 2.30. The number of aryl methyl sites for hydroxylation is 1. The Balaban J connectivity index is 1.63. The van der Waals surface area contributed by atoms with Gasteiger partial charge in [-0.2, -0.15) is 0 Å². The van der Waals surface area contributed by atoms with Crippen molar-refractivity contribution in [1.82, 2.24) is 24.3 Å². The first-order chi connectivity index (χ1) is 19.4. The number of ether oxygens (including phenoxy) is 1. The Labute approximate surface area is 238 Å². The van der Waals surface area contributed by atoms with Crippen molar-refractivity contribution in [3.05, 3.63) is 77.7 Å². The van der Waals surface area contributed by atoms with Gasteiger partial charge in [0.25, 0.3) is 15.9 Å². The number of fused-ring (bicyclic) bond motifs is 3. The van der Waals surface area contributed by atoms with Gasteiger partial charge in [-0.1, -0.05) is 24.3 Å². The molecule has 12 heteroatoms. The van der Waals surface area contributed by atoms with Crippen molar-refractivity contribution in [2.45, 2.75) is 50.2 Å². The third kappa shape index (κ3) is 5.40. The summed E-state index contributed by atoms with van der Waals surface area (Å²) < 4.78 is 34.7. The van der Waals surface area contributed by atoms with Crippen LogP contribution in [0.2, 0.25) is 0 Å². The molecule has 2 amide bonds. The van der Waals surface area contributed by atoms with Gasteiger partial charge in [0.2, 0.25) is 0 Å². The molecule has 11 nitrogen and oxygen atoms in total. The molecular weight excluding hydrogens is 546 g/mol. The van der Waals surface area contributed by atoms with Crippen molar-refractivity contribution >= 4 is 32.9 Å². The summed E-state index contributed by atoms with van der Waals surface area (Å²) in [5, 5.41) is 4.69. The molecule has 1 aliphatic rings. The van der Waals surface area contributed by atoms with E-state index in [1.165, 1.54) is 42.7 Å². The Hall–Kier alpha value is -4.29.